The van der Waals surface area contributed by atoms with Crippen molar-refractivity contribution < 1.29 is 13.2 Å². The van der Waals surface area contributed by atoms with Crippen LogP contribution in [0, 0.1) is 5.82 Å². The molecule has 0 spiro atoms. The van der Waals surface area contributed by atoms with E-state index < -0.39 is 12.2 Å². The van der Waals surface area contributed by atoms with Gasteiger partial charge in [-0.15, -0.1) is 0 Å². The van der Waals surface area contributed by atoms with Crippen LogP contribution in [0.4, 0.5) is 13.2 Å². The van der Waals surface area contributed by atoms with Gasteiger partial charge in [0.2, 0.25) is 0 Å². The Morgan fingerprint density at radius 2 is 2.12 bits per heavy atom. The standard InChI is InChI=1S/C12H11F3N2/c1-2-17-7-10(12(14)15)11(16-17)8-4-3-5-9(13)6-8/h3-7,12H,2H2,1H3. The van der Waals surface area contributed by atoms with Crippen LogP contribution in [-0.2, 0) is 6.54 Å². The maximum Gasteiger partial charge on any atom is 0.267 e. The van der Waals surface area contributed by atoms with E-state index in [0.717, 1.165) is 0 Å². The molecule has 0 saturated carbocycles. The predicted molar refractivity (Wildman–Crippen MR) is 58.3 cm³/mol. The molecule has 1 heterocycles. The lowest BCUT2D eigenvalue weighted by Gasteiger charge is -2.01. The van der Waals surface area contributed by atoms with Gasteiger partial charge in [0.15, 0.2) is 0 Å². The van der Waals surface area contributed by atoms with Crippen LogP contribution in [0.1, 0.15) is 18.9 Å². The van der Waals surface area contributed by atoms with Gasteiger partial charge in [0.1, 0.15) is 11.5 Å². The fraction of sp³-hybridized carbons (Fsp3) is 0.250. The molecule has 0 bridgehead atoms. The van der Waals surface area contributed by atoms with E-state index in [0.29, 0.717) is 12.1 Å². The molecule has 0 aliphatic rings. The van der Waals surface area contributed by atoms with Gasteiger partial charge in [-0.3, -0.25) is 4.68 Å². The first kappa shape index (κ1) is 11.7. The minimum atomic E-state index is -2.62. The van der Waals surface area contributed by atoms with Gasteiger partial charge in [0.25, 0.3) is 6.43 Å². The molecule has 0 N–H and O–H groups in total. The van der Waals surface area contributed by atoms with Gasteiger partial charge < -0.3 is 0 Å². The van der Waals surface area contributed by atoms with Crippen LogP contribution in [-0.4, -0.2) is 9.78 Å². The SMILES string of the molecule is CCn1cc(C(F)F)c(-c2cccc(F)c2)n1. The fourth-order valence-corrected chi connectivity index (χ4v) is 1.62. The summed E-state index contributed by atoms with van der Waals surface area (Å²) in [7, 11) is 0. The monoisotopic (exact) mass is 240 g/mol. The normalized spacial score (nSPS) is 11.1. The van der Waals surface area contributed by atoms with E-state index in [1.807, 2.05) is 0 Å². The van der Waals surface area contributed by atoms with Crippen LogP contribution in [0.15, 0.2) is 30.5 Å². The number of aryl methyl sites for hydroxylation is 1. The van der Waals surface area contributed by atoms with E-state index >= 15 is 0 Å². The first-order chi connectivity index (χ1) is 8.11. The minimum Gasteiger partial charge on any atom is -0.272 e. The minimum absolute atomic E-state index is 0.140. The molecule has 2 aromatic rings. The molecule has 0 amide bonds. The van der Waals surface area contributed by atoms with Gasteiger partial charge >= 0.3 is 0 Å². The van der Waals surface area contributed by atoms with Crippen molar-refractivity contribution in [2.75, 3.05) is 0 Å². The Labute approximate surface area is 96.7 Å². The number of hydrogen-bond acceptors (Lipinski definition) is 1. The Morgan fingerprint density at radius 1 is 1.35 bits per heavy atom. The summed E-state index contributed by atoms with van der Waals surface area (Å²) >= 11 is 0. The number of aromatic nitrogens is 2. The van der Waals surface area contributed by atoms with Gasteiger partial charge in [-0.2, -0.15) is 5.10 Å². The highest BCUT2D eigenvalue weighted by molar-refractivity contribution is 5.63. The third-order valence-electron chi connectivity index (χ3n) is 2.45. The average molecular weight is 240 g/mol. The second-order valence-electron chi connectivity index (χ2n) is 3.60. The van der Waals surface area contributed by atoms with Crippen LogP contribution in [0.2, 0.25) is 0 Å². The molecule has 0 atom stereocenters. The molecule has 1 aromatic heterocycles. The summed E-state index contributed by atoms with van der Waals surface area (Å²) < 4.78 is 40.1. The average Bonchev–Trinajstić information content (AvgIpc) is 2.73. The smallest absolute Gasteiger partial charge is 0.267 e. The molecule has 0 saturated heterocycles. The fourth-order valence-electron chi connectivity index (χ4n) is 1.62. The molecular weight excluding hydrogens is 229 g/mol. The van der Waals surface area contributed by atoms with Crippen molar-refractivity contribution in [3.63, 3.8) is 0 Å². The van der Waals surface area contributed by atoms with Crippen LogP contribution in [0.3, 0.4) is 0 Å². The predicted octanol–water partition coefficient (Wildman–Crippen LogP) is 3.65. The molecule has 90 valence electrons. The lowest BCUT2D eigenvalue weighted by atomic mass is 10.1. The van der Waals surface area contributed by atoms with Gasteiger partial charge in [0.05, 0.1) is 5.56 Å². The molecular formula is C12H11F3N2. The van der Waals surface area contributed by atoms with Crippen molar-refractivity contribution >= 4 is 0 Å². The number of nitrogens with zero attached hydrogens (tertiary/aromatic N) is 2. The molecule has 0 unspecified atom stereocenters. The summed E-state index contributed by atoms with van der Waals surface area (Å²) in [5, 5.41) is 4.03. The maximum atomic E-state index is 13.1. The highest BCUT2D eigenvalue weighted by Crippen LogP contribution is 2.30. The summed E-state index contributed by atoms with van der Waals surface area (Å²) in [4.78, 5) is 0. The van der Waals surface area contributed by atoms with E-state index in [1.165, 1.54) is 29.1 Å². The van der Waals surface area contributed by atoms with Crippen LogP contribution in [0.5, 0.6) is 0 Å². The van der Waals surface area contributed by atoms with E-state index in [2.05, 4.69) is 5.10 Å². The Morgan fingerprint density at radius 3 is 2.71 bits per heavy atom. The zero-order chi connectivity index (χ0) is 12.4. The van der Waals surface area contributed by atoms with Gasteiger partial charge in [-0.1, -0.05) is 12.1 Å². The Balaban J connectivity index is 2.53. The molecule has 17 heavy (non-hydrogen) atoms. The van der Waals surface area contributed by atoms with E-state index in [4.69, 9.17) is 0 Å². The molecule has 0 aliphatic heterocycles. The van der Waals surface area contributed by atoms with Crippen LogP contribution in [0.25, 0.3) is 11.3 Å². The second kappa shape index (κ2) is 4.61. The van der Waals surface area contributed by atoms with Crippen molar-refractivity contribution in [1.29, 1.82) is 0 Å². The summed E-state index contributed by atoms with van der Waals surface area (Å²) in [6, 6.07) is 5.51. The van der Waals surface area contributed by atoms with E-state index in [-0.39, 0.29) is 11.3 Å². The first-order valence-corrected chi connectivity index (χ1v) is 5.23. The molecule has 0 fully saturated rings. The summed E-state index contributed by atoms with van der Waals surface area (Å²) in [6.45, 7) is 2.30. The summed E-state index contributed by atoms with van der Waals surface area (Å²) in [5.41, 5.74) is 0.339. The van der Waals surface area contributed by atoms with Crippen molar-refractivity contribution in [2.45, 2.75) is 19.9 Å². The topological polar surface area (TPSA) is 17.8 Å². The number of alkyl halides is 2. The second-order valence-corrected chi connectivity index (χ2v) is 3.60. The molecule has 5 heteroatoms. The maximum absolute atomic E-state index is 13.1. The summed E-state index contributed by atoms with van der Waals surface area (Å²) in [5.74, 6) is -0.464. The highest BCUT2D eigenvalue weighted by Gasteiger charge is 2.18. The number of benzene rings is 1. The Kier molecular flexibility index (Phi) is 3.17. The lowest BCUT2D eigenvalue weighted by Crippen LogP contribution is -1.93. The van der Waals surface area contributed by atoms with Crippen LogP contribution >= 0.6 is 0 Å². The van der Waals surface area contributed by atoms with E-state index in [9.17, 15) is 13.2 Å². The van der Waals surface area contributed by atoms with Crippen molar-refractivity contribution in [3.8, 4) is 11.3 Å². The molecule has 2 rings (SSSR count). The van der Waals surface area contributed by atoms with Gasteiger partial charge in [-0.25, -0.2) is 13.2 Å². The summed E-state index contributed by atoms with van der Waals surface area (Å²) in [6.07, 6.45) is -1.32. The van der Waals surface area contributed by atoms with E-state index in [1.54, 1.807) is 13.0 Å². The zero-order valence-corrected chi connectivity index (χ0v) is 9.20. The van der Waals surface area contributed by atoms with Crippen molar-refractivity contribution in [1.82, 2.24) is 9.78 Å². The molecule has 0 radical (unpaired) electrons. The number of hydrogen-bond donors (Lipinski definition) is 0. The number of rotatable bonds is 3. The highest BCUT2D eigenvalue weighted by atomic mass is 19.3. The Bertz CT molecular complexity index is 520. The number of halogens is 3. The Hall–Kier alpha value is -1.78. The van der Waals surface area contributed by atoms with Crippen molar-refractivity contribution in [3.05, 3.63) is 41.8 Å². The van der Waals surface area contributed by atoms with Crippen LogP contribution < -0.4 is 0 Å². The van der Waals surface area contributed by atoms with Crippen molar-refractivity contribution in [2.24, 2.45) is 0 Å². The molecule has 2 nitrogen and oxygen atoms in total. The molecule has 0 aliphatic carbocycles. The third-order valence-corrected chi connectivity index (χ3v) is 2.45. The first-order valence-electron chi connectivity index (χ1n) is 5.23. The largest absolute Gasteiger partial charge is 0.272 e. The lowest BCUT2D eigenvalue weighted by molar-refractivity contribution is 0.152. The third kappa shape index (κ3) is 2.33. The van der Waals surface area contributed by atoms with Gasteiger partial charge in [0, 0.05) is 18.3 Å². The molecule has 1 aromatic carbocycles. The van der Waals surface area contributed by atoms with Gasteiger partial charge in [-0.05, 0) is 19.1 Å². The zero-order valence-electron chi connectivity index (χ0n) is 9.20. The quantitative estimate of drug-likeness (QED) is 0.800.